The summed E-state index contributed by atoms with van der Waals surface area (Å²) in [6, 6.07) is 14.6. The third-order valence-corrected chi connectivity index (χ3v) is 3.88. The number of benzene rings is 2. The van der Waals surface area contributed by atoms with Crippen LogP contribution in [0.5, 0.6) is 5.75 Å². The number of aromatic nitrogens is 4. The first-order valence-corrected chi connectivity index (χ1v) is 8.07. The highest BCUT2D eigenvalue weighted by atomic mass is 35.5. The summed E-state index contributed by atoms with van der Waals surface area (Å²) >= 11 is 5.86. The normalized spacial score (nSPS) is 10.8. The Labute approximate surface area is 152 Å². The van der Waals surface area contributed by atoms with Gasteiger partial charge in [0.15, 0.2) is 6.73 Å². The second-order valence-corrected chi connectivity index (χ2v) is 5.81. The average molecular weight is 371 g/mol. The van der Waals surface area contributed by atoms with E-state index in [9.17, 15) is 4.39 Å². The Hall–Kier alpha value is -3.19. The highest BCUT2D eigenvalue weighted by Gasteiger charge is 2.15. The van der Waals surface area contributed by atoms with Crippen molar-refractivity contribution in [3.8, 4) is 28.7 Å². The van der Waals surface area contributed by atoms with Crippen LogP contribution in [-0.4, -0.2) is 19.9 Å². The van der Waals surface area contributed by atoms with Crippen molar-refractivity contribution in [1.82, 2.24) is 19.9 Å². The molecule has 0 radical (unpaired) electrons. The molecule has 2 aromatic heterocycles. The van der Waals surface area contributed by atoms with Gasteiger partial charge in [-0.3, -0.25) is 0 Å². The molecule has 0 aliphatic heterocycles. The van der Waals surface area contributed by atoms with E-state index in [4.69, 9.17) is 20.9 Å². The van der Waals surface area contributed by atoms with Crippen LogP contribution in [0.15, 0.2) is 65.3 Å². The van der Waals surface area contributed by atoms with Gasteiger partial charge in [0.05, 0.1) is 0 Å². The molecule has 0 bridgehead atoms. The van der Waals surface area contributed by atoms with Crippen molar-refractivity contribution in [2.75, 3.05) is 0 Å². The fraction of sp³-hybridized carbons (Fsp3) is 0.0556. The van der Waals surface area contributed by atoms with Crippen molar-refractivity contribution in [1.29, 1.82) is 0 Å². The molecule has 26 heavy (non-hydrogen) atoms. The number of hydrogen-bond acceptors (Lipinski definition) is 5. The number of hydrogen-bond donors (Lipinski definition) is 0. The smallest absolute Gasteiger partial charge is 0.276 e. The SMILES string of the molecule is Fc1ccc(-c2noc(-c3ccnn3COc3ccc(Cl)cc3)n2)cc1. The zero-order valence-corrected chi connectivity index (χ0v) is 14.1. The summed E-state index contributed by atoms with van der Waals surface area (Å²) in [6.07, 6.45) is 1.61. The first-order chi connectivity index (χ1) is 12.7. The summed E-state index contributed by atoms with van der Waals surface area (Å²) in [4.78, 5) is 4.35. The van der Waals surface area contributed by atoms with Crippen LogP contribution in [-0.2, 0) is 6.73 Å². The minimum absolute atomic E-state index is 0.165. The van der Waals surface area contributed by atoms with Gasteiger partial charge >= 0.3 is 0 Å². The van der Waals surface area contributed by atoms with E-state index in [-0.39, 0.29) is 12.5 Å². The Bertz CT molecular complexity index is 1010. The lowest BCUT2D eigenvalue weighted by atomic mass is 10.2. The van der Waals surface area contributed by atoms with Gasteiger partial charge in [0.25, 0.3) is 5.89 Å². The van der Waals surface area contributed by atoms with Crippen molar-refractivity contribution < 1.29 is 13.7 Å². The highest BCUT2D eigenvalue weighted by molar-refractivity contribution is 6.30. The molecule has 6 nitrogen and oxygen atoms in total. The van der Waals surface area contributed by atoms with Crippen LogP contribution in [0.3, 0.4) is 0 Å². The summed E-state index contributed by atoms with van der Waals surface area (Å²) in [6.45, 7) is 0.165. The Morgan fingerprint density at radius 2 is 1.81 bits per heavy atom. The van der Waals surface area contributed by atoms with Crippen LogP contribution < -0.4 is 4.74 Å². The zero-order chi connectivity index (χ0) is 17.9. The van der Waals surface area contributed by atoms with Crippen molar-refractivity contribution in [2.24, 2.45) is 0 Å². The fourth-order valence-corrected chi connectivity index (χ4v) is 2.45. The summed E-state index contributed by atoms with van der Waals surface area (Å²) < 4.78 is 25.6. The van der Waals surface area contributed by atoms with Gasteiger partial charge in [-0.2, -0.15) is 10.1 Å². The molecule has 0 atom stereocenters. The number of nitrogens with zero attached hydrogens (tertiary/aromatic N) is 4. The molecule has 8 heteroatoms. The molecule has 0 unspecified atom stereocenters. The number of halogens is 2. The number of ether oxygens (including phenoxy) is 1. The predicted molar refractivity (Wildman–Crippen MR) is 93.0 cm³/mol. The summed E-state index contributed by atoms with van der Waals surface area (Å²) in [5.74, 6) is 0.996. The van der Waals surface area contributed by atoms with Gasteiger partial charge in [-0.25, -0.2) is 9.07 Å². The first-order valence-electron chi connectivity index (χ1n) is 7.69. The lowest BCUT2D eigenvalue weighted by molar-refractivity contribution is 0.221. The van der Waals surface area contributed by atoms with Crippen molar-refractivity contribution >= 4 is 11.6 Å². The van der Waals surface area contributed by atoms with Gasteiger partial charge in [-0.1, -0.05) is 16.8 Å². The number of rotatable bonds is 5. The Balaban J connectivity index is 1.53. The van der Waals surface area contributed by atoms with Gasteiger partial charge in [0.2, 0.25) is 5.82 Å². The quantitative estimate of drug-likeness (QED) is 0.520. The molecule has 0 N–H and O–H groups in total. The molecule has 0 amide bonds. The molecular weight excluding hydrogens is 359 g/mol. The topological polar surface area (TPSA) is 66.0 Å². The maximum atomic E-state index is 13.0. The van der Waals surface area contributed by atoms with Crippen LogP contribution in [0.25, 0.3) is 23.0 Å². The first kappa shape index (κ1) is 16.3. The predicted octanol–water partition coefficient (Wildman–Crippen LogP) is 4.43. The van der Waals surface area contributed by atoms with Crippen molar-refractivity contribution in [2.45, 2.75) is 6.73 Å². The highest BCUT2D eigenvalue weighted by Crippen LogP contribution is 2.23. The molecule has 0 spiro atoms. The molecule has 0 saturated carbocycles. The monoisotopic (exact) mass is 370 g/mol. The van der Waals surface area contributed by atoms with E-state index in [0.29, 0.717) is 33.7 Å². The third kappa shape index (κ3) is 3.43. The Morgan fingerprint density at radius 1 is 1.04 bits per heavy atom. The summed E-state index contributed by atoms with van der Waals surface area (Å²) in [5, 5.41) is 8.78. The van der Waals surface area contributed by atoms with Gasteiger partial charge in [-0.05, 0) is 54.6 Å². The van der Waals surface area contributed by atoms with E-state index in [1.165, 1.54) is 12.1 Å². The summed E-state index contributed by atoms with van der Waals surface area (Å²) in [5.41, 5.74) is 1.27. The van der Waals surface area contributed by atoms with Crippen LogP contribution in [0.1, 0.15) is 0 Å². The fourth-order valence-electron chi connectivity index (χ4n) is 2.33. The van der Waals surface area contributed by atoms with Crippen LogP contribution in [0.4, 0.5) is 4.39 Å². The van der Waals surface area contributed by atoms with Crippen molar-refractivity contribution in [3.63, 3.8) is 0 Å². The zero-order valence-electron chi connectivity index (χ0n) is 13.3. The van der Waals surface area contributed by atoms with E-state index in [2.05, 4.69) is 15.2 Å². The van der Waals surface area contributed by atoms with E-state index >= 15 is 0 Å². The Morgan fingerprint density at radius 3 is 2.58 bits per heavy atom. The minimum Gasteiger partial charge on any atom is -0.471 e. The second kappa shape index (κ2) is 6.97. The Kier molecular flexibility index (Phi) is 4.37. The molecule has 2 heterocycles. The molecule has 0 fully saturated rings. The third-order valence-electron chi connectivity index (χ3n) is 3.63. The maximum absolute atomic E-state index is 13.0. The molecular formula is C18H12ClFN4O2. The van der Waals surface area contributed by atoms with Gasteiger partial charge in [0.1, 0.15) is 17.3 Å². The van der Waals surface area contributed by atoms with Gasteiger partial charge in [0, 0.05) is 16.8 Å². The standard InChI is InChI=1S/C18H12ClFN4O2/c19-13-3-7-15(8-4-13)25-11-24-16(9-10-21-24)18-22-17(23-26-18)12-1-5-14(20)6-2-12/h1-10H,11H2. The van der Waals surface area contributed by atoms with Gasteiger partial charge in [-0.15, -0.1) is 0 Å². The van der Waals surface area contributed by atoms with Crippen LogP contribution >= 0.6 is 11.6 Å². The molecule has 0 aliphatic carbocycles. The van der Waals surface area contributed by atoms with E-state index in [0.717, 1.165) is 0 Å². The maximum Gasteiger partial charge on any atom is 0.276 e. The summed E-state index contributed by atoms with van der Waals surface area (Å²) in [7, 11) is 0. The van der Waals surface area contributed by atoms with Crippen molar-refractivity contribution in [3.05, 3.63) is 71.6 Å². The minimum atomic E-state index is -0.324. The molecule has 130 valence electrons. The van der Waals surface area contributed by atoms with Gasteiger partial charge < -0.3 is 9.26 Å². The molecule has 0 saturated heterocycles. The molecule has 4 aromatic rings. The van der Waals surface area contributed by atoms with E-state index in [1.807, 2.05) is 0 Å². The van der Waals surface area contributed by atoms with E-state index in [1.54, 1.807) is 53.3 Å². The lowest BCUT2D eigenvalue weighted by Gasteiger charge is -2.07. The second-order valence-electron chi connectivity index (χ2n) is 5.37. The molecule has 0 aliphatic rings. The molecule has 4 rings (SSSR count). The largest absolute Gasteiger partial charge is 0.471 e. The van der Waals surface area contributed by atoms with Crippen LogP contribution in [0, 0.1) is 5.82 Å². The molecule has 2 aromatic carbocycles. The van der Waals surface area contributed by atoms with E-state index < -0.39 is 0 Å². The van der Waals surface area contributed by atoms with Crippen LogP contribution in [0.2, 0.25) is 5.02 Å². The average Bonchev–Trinajstić information content (AvgIpc) is 3.31. The lowest BCUT2D eigenvalue weighted by Crippen LogP contribution is -2.08.